The summed E-state index contributed by atoms with van der Waals surface area (Å²) in [6, 6.07) is 18.0. The number of rotatable bonds is 8. The van der Waals surface area contributed by atoms with Crippen molar-refractivity contribution < 1.29 is 33.3 Å². The van der Waals surface area contributed by atoms with Gasteiger partial charge in [-0.25, -0.2) is 9.18 Å². The fourth-order valence-electron chi connectivity index (χ4n) is 5.14. The van der Waals surface area contributed by atoms with Gasteiger partial charge in [0.25, 0.3) is 0 Å². The van der Waals surface area contributed by atoms with Gasteiger partial charge in [0.1, 0.15) is 29.5 Å². The molecular formula is C29H30FN3O6. The van der Waals surface area contributed by atoms with Gasteiger partial charge in [-0.15, -0.1) is 0 Å². The second-order valence-electron chi connectivity index (χ2n) is 9.51. The molecule has 3 amide bonds. The quantitative estimate of drug-likeness (QED) is 0.344. The van der Waals surface area contributed by atoms with Crippen LogP contribution in [-0.4, -0.2) is 49.1 Å². The number of halogens is 1. The van der Waals surface area contributed by atoms with Crippen LogP contribution in [-0.2, 0) is 16.1 Å². The number of aliphatic hydroxyl groups excluding tert-OH is 1. The summed E-state index contributed by atoms with van der Waals surface area (Å²) in [4.78, 5) is 25.2. The van der Waals surface area contributed by atoms with Crippen molar-refractivity contribution >= 4 is 23.3 Å². The largest absolute Gasteiger partial charge is 0.496 e. The van der Waals surface area contributed by atoms with Gasteiger partial charge in [-0.05, 0) is 42.8 Å². The SMILES string of the molecule is COc1ccccc1CNC(=O)C[C@H]1C[C@H]2c3cc(NC(=O)Nc4ccccc4F)ccc3O[C@H]2[C@H](CO)O1. The van der Waals surface area contributed by atoms with Gasteiger partial charge in [0.2, 0.25) is 5.91 Å². The fraction of sp³-hybridized carbons (Fsp3) is 0.310. The smallest absolute Gasteiger partial charge is 0.323 e. The second-order valence-corrected chi connectivity index (χ2v) is 9.51. The minimum absolute atomic E-state index is 0.0709. The third kappa shape index (κ3) is 5.97. The van der Waals surface area contributed by atoms with Crippen molar-refractivity contribution in [3.05, 3.63) is 83.7 Å². The average Bonchev–Trinajstić information content (AvgIpc) is 3.30. The molecule has 204 valence electrons. The first-order valence-electron chi connectivity index (χ1n) is 12.7. The molecule has 2 aliphatic rings. The molecule has 0 radical (unpaired) electrons. The lowest BCUT2D eigenvalue weighted by molar-refractivity contribution is -0.142. The highest BCUT2D eigenvalue weighted by molar-refractivity contribution is 6.00. The molecule has 2 heterocycles. The third-order valence-electron chi connectivity index (χ3n) is 6.96. The lowest BCUT2D eigenvalue weighted by Gasteiger charge is -2.37. The molecule has 0 aromatic heterocycles. The summed E-state index contributed by atoms with van der Waals surface area (Å²) in [5.41, 5.74) is 2.29. The summed E-state index contributed by atoms with van der Waals surface area (Å²) in [7, 11) is 1.58. The molecule has 1 saturated heterocycles. The molecule has 3 aromatic rings. The third-order valence-corrected chi connectivity index (χ3v) is 6.96. The summed E-state index contributed by atoms with van der Waals surface area (Å²) in [5, 5.41) is 18.1. The maximum absolute atomic E-state index is 13.9. The lowest BCUT2D eigenvalue weighted by atomic mass is 9.84. The summed E-state index contributed by atoms with van der Waals surface area (Å²) in [5.74, 6) is 0.470. The van der Waals surface area contributed by atoms with Crippen LogP contribution >= 0.6 is 0 Å². The molecule has 3 aromatic carbocycles. The number of hydrogen-bond acceptors (Lipinski definition) is 6. The molecule has 0 saturated carbocycles. The number of hydrogen-bond donors (Lipinski definition) is 4. The first-order valence-corrected chi connectivity index (χ1v) is 12.7. The van der Waals surface area contributed by atoms with E-state index in [0.717, 1.165) is 11.1 Å². The highest BCUT2D eigenvalue weighted by atomic mass is 19.1. The van der Waals surface area contributed by atoms with Crippen LogP contribution in [0.25, 0.3) is 0 Å². The Hall–Kier alpha value is -4.15. The van der Waals surface area contributed by atoms with Crippen LogP contribution in [0.1, 0.15) is 29.9 Å². The van der Waals surface area contributed by atoms with Crippen molar-refractivity contribution in [2.24, 2.45) is 0 Å². The number of carbonyl (C=O) groups excluding carboxylic acids is 2. The van der Waals surface area contributed by atoms with Crippen LogP contribution in [0.4, 0.5) is 20.6 Å². The monoisotopic (exact) mass is 535 g/mol. The van der Waals surface area contributed by atoms with E-state index in [1.54, 1.807) is 37.4 Å². The van der Waals surface area contributed by atoms with Gasteiger partial charge in [0, 0.05) is 29.3 Å². The predicted molar refractivity (Wildman–Crippen MR) is 142 cm³/mol. The van der Waals surface area contributed by atoms with E-state index in [0.29, 0.717) is 30.2 Å². The van der Waals surface area contributed by atoms with Crippen LogP contribution in [0.15, 0.2) is 66.7 Å². The molecule has 4 atom stereocenters. The van der Waals surface area contributed by atoms with E-state index in [-0.39, 0.29) is 30.5 Å². The van der Waals surface area contributed by atoms with Crippen molar-refractivity contribution in [3.63, 3.8) is 0 Å². The Bertz CT molecular complexity index is 1350. The van der Waals surface area contributed by atoms with Crippen molar-refractivity contribution in [2.45, 2.75) is 43.6 Å². The first kappa shape index (κ1) is 26.5. The number of methoxy groups -OCH3 is 1. The Morgan fingerprint density at radius 1 is 1.08 bits per heavy atom. The Balaban J connectivity index is 1.24. The van der Waals surface area contributed by atoms with Crippen LogP contribution in [0.2, 0.25) is 0 Å². The lowest BCUT2D eigenvalue weighted by Crippen LogP contribution is -2.47. The number of anilines is 2. The van der Waals surface area contributed by atoms with Gasteiger partial charge in [-0.2, -0.15) is 0 Å². The second kappa shape index (κ2) is 11.7. The van der Waals surface area contributed by atoms with E-state index in [2.05, 4.69) is 16.0 Å². The molecule has 10 heteroatoms. The molecule has 0 unspecified atom stereocenters. The summed E-state index contributed by atoms with van der Waals surface area (Å²) in [6.45, 7) is 0.0611. The molecule has 2 aliphatic heterocycles. The van der Waals surface area contributed by atoms with Crippen LogP contribution in [0, 0.1) is 5.82 Å². The van der Waals surface area contributed by atoms with Crippen molar-refractivity contribution in [3.8, 4) is 11.5 Å². The van der Waals surface area contributed by atoms with Gasteiger partial charge in [-0.3, -0.25) is 4.79 Å². The summed E-state index contributed by atoms with van der Waals surface area (Å²) < 4.78 is 31.4. The Labute approximate surface area is 225 Å². The van der Waals surface area contributed by atoms with Crippen molar-refractivity contribution in [2.75, 3.05) is 24.4 Å². The minimum Gasteiger partial charge on any atom is -0.496 e. The van der Waals surface area contributed by atoms with Crippen LogP contribution in [0.5, 0.6) is 11.5 Å². The van der Waals surface area contributed by atoms with E-state index in [4.69, 9.17) is 14.2 Å². The van der Waals surface area contributed by atoms with Crippen LogP contribution < -0.4 is 25.4 Å². The Kier molecular flexibility index (Phi) is 7.94. The normalized spacial score (nSPS) is 21.2. The zero-order valence-corrected chi connectivity index (χ0v) is 21.4. The highest BCUT2D eigenvalue weighted by Gasteiger charge is 2.46. The molecule has 9 nitrogen and oxygen atoms in total. The molecule has 0 spiro atoms. The Morgan fingerprint density at radius 3 is 2.67 bits per heavy atom. The van der Waals surface area contributed by atoms with Gasteiger partial charge in [0.15, 0.2) is 0 Å². The molecular weight excluding hydrogens is 505 g/mol. The number of benzene rings is 3. The van der Waals surface area contributed by atoms with Gasteiger partial charge in [-0.1, -0.05) is 30.3 Å². The molecule has 0 aliphatic carbocycles. The minimum atomic E-state index is -0.607. The number of carbonyl (C=O) groups is 2. The van der Waals surface area contributed by atoms with Gasteiger partial charge >= 0.3 is 6.03 Å². The summed E-state index contributed by atoms with van der Waals surface area (Å²) in [6.07, 6.45) is -0.838. The topological polar surface area (TPSA) is 118 Å². The van der Waals surface area contributed by atoms with Gasteiger partial charge < -0.3 is 35.3 Å². The van der Waals surface area contributed by atoms with Gasteiger partial charge in [0.05, 0.1) is 31.9 Å². The highest BCUT2D eigenvalue weighted by Crippen LogP contribution is 2.47. The molecule has 39 heavy (non-hydrogen) atoms. The summed E-state index contributed by atoms with van der Waals surface area (Å²) >= 11 is 0. The number of nitrogens with one attached hydrogen (secondary N) is 3. The van der Waals surface area contributed by atoms with E-state index < -0.39 is 30.2 Å². The zero-order valence-electron chi connectivity index (χ0n) is 21.4. The number of urea groups is 1. The van der Waals surface area contributed by atoms with E-state index in [9.17, 15) is 19.1 Å². The van der Waals surface area contributed by atoms with Crippen molar-refractivity contribution in [1.29, 1.82) is 0 Å². The first-order chi connectivity index (χ1) is 18.9. The maximum atomic E-state index is 13.9. The number of amides is 3. The Morgan fingerprint density at radius 2 is 1.87 bits per heavy atom. The maximum Gasteiger partial charge on any atom is 0.323 e. The van der Waals surface area contributed by atoms with E-state index >= 15 is 0 Å². The molecule has 1 fully saturated rings. The molecule has 4 N–H and O–H groups in total. The van der Waals surface area contributed by atoms with E-state index in [1.807, 2.05) is 24.3 Å². The zero-order chi connectivity index (χ0) is 27.4. The van der Waals surface area contributed by atoms with E-state index in [1.165, 1.54) is 12.1 Å². The van der Waals surface area contributed by atoms with Crippen molar-refractivity contribution in [1.82, 2.24) is 5.32 Å². The molecule has 5 rings (SSSR count). The standard InChI is InChI=1S/C29H30FN3O6/c1-37-24-9-5-2-6-17(24)15-31-27(35)14-19-13-21-20-12-18(10-11-25(20)39-28(21)26(16-34)38-19)32-29(36)33-23-8-4-3-7-22(23)30/h2-12,19,21,26,28,34H,13-16H2,1H3,(H,31,35)(H2,32,33,36)/t19-,21+,26+,28-/m1/s1. The fourth-order valence-corrected chi connectivity index (χ4v) is 5.14. The number of fused-ring (bicyclic) bond motifs is 3. The number of aliphatic hydroxyl groups is 1. The van der Waals surface area contributed by atoms with Crippen LogP contribution in [0.3, 0.4) is 0 Å². The molecule has 0 bridgehead atoms. The predicted octanol–water partition coefficient (Wildman–Crippen LogP) is 4.18. The number of ether oxygens (including phenoxy) is 3. The number of para-hydroxylation sites is 2. The average molecular weight is 536 g/mol.